The summed E-state index contributed by atoms with van der Waals surface area (Å²) in [5.41, 5.74) is 6.42. The van der Waals surface area contributed by atoms with E-state index in [4.69, 9.17) is 16.4 Å². The zero-order valence-corrected chi connectivity index (χ0v) is 22.6. The number of amidine groups is 1. The number of hydrogen-bond donors (Lipinski definition) is 3. The van der Waals surface area contributed by atoms with Crippen molar-refractivity contribution in [2.45, 2.75) is 64.7 Å². The SMILES string of the molecule is CC.N/N=C(\NN)c1cnn2c(C3CCCCC3)c(-c3ccc(OCc4cccc(C(F)(F)F)c4)cc3)cnc12. The Morgan fingerprint density at radius 2 is 1.80 bits per heavy atom. The Labute approximate surface area is 231 Å². The van der Waals surface area contributed by atoms with Crippen molar-refractivity contribution in [3.8, 4) is 16.9 Å². The van der Waals surface area contributed by atoms with Gasteiger partial charge in [0.25, 0.3) is 0 Å². The molecule has 0 bridgehead atoms. The molecule has 4 aromatic rings. The number of benzene rings is 2. The van der Waals surface area contributed by atoms with Crippen molar-refractivity contribution in [2.24, 2.45) is 16.8 Å². The minimum atomic E-state index is -4.39. The lowest BCUT2D eigenvalue weighted by atomic mass is 9.84. The number of nitrogens with one attached hydrogen (secondary N) is 1. The van der Waals surface area contributed by atoms with Crippen LogP contribution in [-0.4, -0.2) is 20.4 Å². The molecule has 8 nitrogen and oxygen atoms in total. The van der Waals surface area contributed by atoms with Gasteiger partial charge in [-0.15, -0.1) is 0 Å². The fraction of sp³-hybridized carbons (Fsp3) is 0.345. The van der Waals surface area contributed by atoms with Gasteiger partial charge >= 0.3 is 6.18 Å². The molecule has 0 spiro atoms. The molecule has 2 heterocycles. The Balaban J connectivity index is 0.00000181. The van der Waals surface area contributed by atoms with E-state index in [1.165, 1.54) is 12.5 Å². The van der Waals surface area contributed by atoms with E-state index >= 15 is 0 Å². The fourth-order valence-corrected chi connectivity index (χ4v) is 5.03. The normalized spacial score (nSPS) is 14.5. The average molecular weight is 554 g/mol. The standard InChI is InChI=1S/C27H28F3N7O.C2H6/c28-27(29,30)20-8-4-5-17(13-20)16-38-21-11-9-18(10-12-21)22-14-33-26-23(25(35-31)36-32)15-34-37(26)24(22)19-6-2-1-3-7-19;1-2/h4-5,8-15,19H,1-3,6-7,16,31-32H2,(H,35,36);1-2H3. The molecule has 0 radical (unpaired) electrons. The number of nitrogens with two attached hydrogens (primary N) is 2. The van der Waals surface area contributed by atoms with Gasteiger partial charge in [0.05, 0.1) is 23.0 Å². The van der Waals surface area contributed by atoms with Crippen LogP contribution >= 0.6 is 0 Å². The number of aromatic nitrogens is 3. The molecule has 0 unspecified atom stereocenters. The summed E-state index contributed by atoms with van der Waals surface area (Å²) in [5, 5.41) is 8.32. The van der Waals surface area contributed by atoms with Gasteiger partial charge in [0, 0.05) is 17.7 Å². The number of fused-ring (bicyclic) bond motifs is 1. The Hall–Kier alpha value is -4.12. The number of ether oxygens (including phenoxy) is 1. The van der Waals surface area contributed by atoms with E-state index < -0.39 is 11.7 Å². The van der Waals surface area contributed by atoms with Crippen LogP contribution in [0.1, 0.15) is 74.3 Å². The zero-order valence-electron chi connectivity index (χ0n) is 22.6. The molecule has 5 rings (SSSR count). The van der Waals surface area contributed by atoms with Gasteiger partial charge in [-0.3, -0.25) is 0 Å². The van der Waals surface area contributed by atoms with Gasteiger partial charge in [-0.1, -0.05) is 57.4 Å². The molecule has 0 amide bonds. The maximum absolute atomic E-state index is 13.0. The summed E-state index contributed by atoms with van der Waals surface area (Å²) in [5.74, 6) is 12.2. The highest BCUT2D eigenvalue weighted by Crippen LogP contribution is 2.38. The van der Waals surface area contributed by atoms with Crippen molar-refractivity contribution in [3.63, 3.8) is 0 Å². The second-order valence-electron chi connectivity index (χ2n) is 9.32. The maximum Gasteiger partial charge on any atom is 0.416 e. The third kappa shape index (κ3) is 6.20. The summed E-state index contributed by atoms with van der Waals surface area (Å²) in [7, 11) is 0. The number of nitrogens with zero attached hydrogens (tertiary/aromatic N) is 4. The van der Waals surface area contributed by atoms with E-state index in [2.05, 4.69) is 20.6 Å². The quantitative estimate of drug-likeness (QED) is 0.114. The summed E-state index contributed by atoms with van der Waals surface area (Å²) >= 11 is 0. The first-order valence-corrected chi connectivity index (χ1v) is 13.4. The van der Waals surface area contributed by atoms with Crippen LogP contribution in [0, 0.1) is 0 Å². The van der Waals surface area contributed by atoms with E-state index in [1.807, 2.05) is 48.8 Å². The first-order chi connectivity index (χ1) is 19.4. The predicted molar refractivity (Wildman–Crippen MR) is 149 cm³/mol. The van der Waals surface area contributed by atoms with Gasteiger partial charge in [0.15, 0.2) is 11.5 Å². The average Bonchev–Trinajstić information content (AvgIpc) is 3.42. The molecule has 0 aliphatic heterocycles. The van der Waals surface area contributed by atoms with Gasteiger partial charge in [0.2, 0.25) is 0 Å². The minimum Gasteiger partial charge on any atom is -0.489 e. The first kappa shape index (κ1) is 28.9. The van der Waals surface area contributed by atoms with Crippen molar-refractivity contribution in [3.05, 3.63) is 83.3 Å². The smallest absolute Gasteiger partial charge is 0.416 e. The minimum absolute atomic E-state index is 0.0282. The molecule has 2 aromatic heterocycles. The number of hydrazine groups is 1. The number of hydrazone groups is 1. The predicted octanol–water partition coefficient (Wildman–Crippen LogP) is 6.15. The topological polar surface area (TPSA) is 116 Å². The van der Waals surface area contributed by atoms with E-state index in [-0.39, 0.29) is 12.4 Å². The number of rotatable bonds is 6. The molecule has 1 fully saturated rings. The lowest BCUT2D eigenvalue weighted by Gasteiger charge is -2.25. The van der Waals surface area contributed by atoms with Crippen molar-refractivity contribution in [1.82, 2.24) is 20.0 Å². The van der Waals surface area contributed by atoms with Gasteiger partial charge in [-0.05, 0) is 48.2 Å². The van der Waals surface area contributed by atoms with Crippen LogP contribution in [-0.2, 0) is 12.8 Å². The van der Waals surface area contributed by atoms with Crippen LogP contribution < -0.4 is 21.8 Å². The largest absolute Gasteiger partial charge is 0.489 e. The van der Waals surface area contributed by atoms with E-state index in [0.717, 1.165) is 54.6 Å². The van der Waals surface area contributed by atoms with Crippen LogP contribution in [0.4, 0.5) is 13.2 Å². The van der Waals surface area contributed by atoms with E-state index in [0.29, 0.717) is 28.4 Å². The Bertz CT molecular complexity index is 1440. The molecule has 1 aliphatic carbocycles. The molecule has 40 heavy (non-hydrogen) atoms. The van der Waals surface area contributed by atoms with Crippen LogP contribution in [0.3, 0.4) is 0 Å². The summed E-state index contributed by atoms with van der Waals surface area (Å²) in [6.07, 6.45) is 4.68. The van der Waals surface area contributed by atoms with Gasteiger partial charge in [-0.2, -0.15) is 23.4 Å². The highest BCUT2D eigenvalue weighted by molar-refractivity contribution is 6.03. The van der Waals surface area contributed by atoms with Gasteiger partial charge < -0.3 is 16.0 Å². The highest BCUT2D eigenvalue weighted by atomic mass is 19.4. The zero-order chi connectivity index (χ0) is 28.7. The fourth-order valence-electron chi connectivity index (χ4n) is 5.03. The summed E-state index contributed by atoms with van der Waals surface area (Å²) in [6, 6.07) is 12.6. The lowest BCUT2D eigenvalue weighted by Crippen LogP contribution is -2.32. The molecule has 212 valence electrons. The monoisotopic (exact) mass is 553 g/mol. The van der Waals surface area contributed by atoms with Crippen LogP contribution in [0.15, 0.2) is 66.0 Å². The van der Waals surface area contributed by atoms with Crippen molar-refractivity contribution >= 4 is 11.5 Å². The second kappa shape index (κ2) is 12.8. The van der Waals surface area contributed by atoms with Crippen LogP contribution in [0.2, 0.25) is 0 Å². The molecule has 2 aromatic carbocycles. The van der Waals surface area contributed by atoms with Crippen LogP contribution in [0.25, 0.3) is 16.8 Å². The molecule has 0 saturated heterocycles. The third-order valence-electron chi connectivity index (χ3n) is 6.90. The van der Waals surface area contributed by atoms with Gasteiger partial charge in [-0.25, -0.2) is 15.3 Å². The molecule has 11 heteroatoms. The van der Waals surface area contributed by atoms with Crippen molar-refractivity contribution in [2.75, 3.05) is 0 Å². The number of hydrogen-bond acceptors (Lipinski definition) is 6. The first-order valence-electron chi connectivity index (χ1n) is 13.4. The Morgan fingerprint density at radius 3 is 2.45 bits per heavy atom. The number of alkyl halides is 3. The van der Waals surface area contributed by atoms with Crippen LogP contribution in [0.5, 0.6) is 5.75 Å². The van der Waals surface area contributed by atoms with E-state index in [1.54, 1.807) is 12.3 Å². The summed E-state index contributed by atoms with van der Waals surface area (Å²) < 4.78 is 46.6. The van der Waals surface area contributed by atoms with Gasteiger partial charge in [0.1, 0.15) is 12.4 Å². The Morgan fingerprint density at radius 1 is 1.07 bits per heavy atom. The van der Waals surface area contributed by atoms with Crippen molar-refractivity contribution < 1.29 is 17.9 Å². The molecular formula is C29H34F3N7O. The molecule has 0 atom stereocenters. The maximum atomic E-state index is 13.0. The molecule has 1 aliphatic rings. The lowest BCUT2D eigenvalue weighted by molar-refractivity contribution is -0.137. The Kier molecular flexibility index (Phi) is 9.26. The molecular weight excluding hydrogens is 519 g/mol. The van der Waals surface area contributed by atoms with Crippen molar-refractivity contribution in [1.29, 1.82) is 0 Å². The number of halogens is 3. The second-order valence-corrected chi connectivity index (χ2v) is 9.32. The molecule has 5 N–H and O–H groups in total. The highest BCUT2D eigenvalue weighted by Gasteiger charge is 2.30. The van der Waals surface area contributed by atoms with E-state index in [9.17, 15) is 13.2 Å². The third-order valence-corrected chi connectivity index (χ3v) is 6.90. The summed E-state index contributed by atoms with van der Waals surface area (Å²) in [6.45, 7) is 4.03. The summed E-state index contributed by atoms with van der Waals surface area (Å²) in [4.78, 5) is 4.66. The molecule has 1 saturated carbocycles.